The monoisotopic (exact) mass is 417 g/mol. The third kappa shape index (κ3) is 5.63. The van der Waals surface area contributed by atoms with Crippen molar-refractivity contribution in [2.24, 2.45) is 0 Å². The van der Waals surface area contributed by atoms with E-state index in [1.54, 1.807) is 13.2 Å². The molecule has 2 aromatic carbocycles. The van der Waals surface area contributed by atoms with E-state index in [9.17, 15) is 4.39 Å². The molecule has 0 atom stereocenters. The van der Waals surface area contributed by atoms with Gasteiger partial charge in [0.1, 0.15) is 5.75 Å². The zero-order chi connectivity index (χ0) is 21.5. The highest BCUT2D eigenvalue weighted by Gasteiger charge is 2.08. The molecule has 3 N–H and O–H groups in total. The Hall–Kier alpha value is -4.27. The van der Waals surface area contributed by atoms with Crippen LogP contribution in [0, 0.1) is 5.95 Å². The minimum Gasteiger partial charge on any atom is -0.497 e. The molecule has 31 heavy (non-hydrogen) atoms. The van der Waals surface area contributed by atoms with Crippen LogP contribution in [0.25, 0.3) is 0 Å². The number of hydrogen-bond acceptors (Lipinski definition) is 8. The average Bonchev–Trinajstić information content (AvgIpc) is 2.79. The summed E-state index contributed by atoms with van der Waals surface area (Å²) in [5.41, 5.74) is 2.35. The molecule has 156 valence electrons. The highest BCUT2D eigenvalue weighted by Crippen LogP contribution is 2.21. The standard InChI is InChI=1S/C22H20FN7O/c1-31-18-9-7-17(8-10-18)27-22-29-20(25-14-15-11-12-24-19(23)13-15)28-21(30-22)26-16-5-3-2-4-6-16/h2-13H,14H2,1H3,(H3,25,26,27,28,29,30). The Morgan fingerprint density at radius 3 is 2.10 bits per heavy atom. The molecule has 9 heteroatoms. The van der Waals surface area contributed by atoms with Gasteiger partial charge in [-0.25, -0.2) is 4.98 Å². The Labute approximate surface area is 178 Å². The topological polar surface area (TPSA) is 96.9 Å². The second kappa shape index (κ2) is 9.49. The predicted octanol–water partition coefficient (Wildman–Crippen LogP) is 4.51. The van der Waals surface area contributed by atoms with E-state index in [1.807, 2.05) is 54.6 Å². The van der Waals surface area contributed by atoms with E-state index < -0.39 is 5.95 Å². The summed E-state index contributed by atoms with van der Waals surface area (Å²) in [5, 5.41) is 9.43. The van der Waals surface area contributed by atoms with Crippen LogP contribution in [-0.2, 0) is 6.54 Å². The maximum atomic E-state index is 13.4. The number of benzene rings is 2. The average molecular weight is 417 g/mol. The number of hydrogen-bond donors (Lipinski definition) is 3. The molecular formula is C22H20FN7O. The molecule has 0 unspecified atom stereocenters. The number of aromatic nitrogens is 4. The molecule has 0 saturated heterocycles. The summed E-state index contributed by atoms with van der Waals surface area (Å²) < 4.78 is 18.5. The number of ether oxygens (including phenoxy) is 1. The summed E-state index contributed by atoms with van der Waals surface area (Å²) in [6.07, 6.45) is 1.42. The largest absolute Gasteiger partial charge is 0.497 e. The van der Waals surface area contributed by atoms with Gasteiger partial charge in [-0.05, 0) is 54.1 Å². The molecular weight excluding hydrogens is 397 g/mol. The van der Waals surface area contributed by atoms with Gasteiger partial charge in [0.15, 0.2) is 0 Å². The summed E-state index contributed by atoms with van der Waals surface area (Å²) >= 11 is 0. The molecule has 0 saturated carbocycles. The summed E-state index contributed by atoms with van der Waals surface area (Å²) in [6, 6.07) is 20.0. The Morgan fingerprint density at radius 1 is 0.806 bits per heavy atom. The number of para-hydroxylation sites is 1. The number of nitrogens with one attached hydrogen (secondary N) is 3. The Morgan fingerprint density at radius 2 is 1.45 bits per heavy atom. The van der Waals surface area contributed by atoms with Gasteiger partial charge in [-0.1, -0.05) is 18.2 Å². The molecule has 0 spiro atoms. The molecule has 0 aliphatic carbocycles. The zero-order valence-electron chi connectivity index (χ0n) is 16.7. The maximum absolute atomic E-state index is 13.4. The normalized spacial score (nSPS) is 10.4. The van der Waals surface area contributed by atoms with Crippen LogP contribution in [-0.4, -0.2) is 27.0 Å². The number of pyridine rings is 1. The van der Waals surface area contributed by atoms with E-state index in [1.165, 1.54) is 12.3 Å². The van der Waals surface area contributed by atoms with Gasteiger partial charge in [-0.2, -0.15) is 19.3 Å². The molecule has 8 nitrogen and oxygen atoms in total. The molecule has 4 rings (SSSR count). The van der Waals surface area contributed by atoms with Crippen LogP contribution in [0.1, 0.15) is 5.56 Å². The van der Waals surface area contributed by atoms with Crippen LogP contribution >= 0.6 is 0 Å². The van der Waals surface area contributed by atoms with Crippen LogP contribution in [0.15, 0.2) is 72.9 Å². The second-order valence-electron chi connectivity index (χ2n) is 6.49. The van der Waals surface area contributed by atoms with Crippen molar-refractivity contribution >= 4 is 29.2 Å². The van der Waals surface area contributed by atoms with Gasteiger partial charge in [0.25, 0.3) is 0 Å². The van der Waals surface area contributed by atoms with Gasteiger partial charge in [-0.15, -0.1) is 0 Å². The van der Waals surface area contributed by atoms with Crippen LogP contribution < -0.4 is 20.7 Å². The van der Waals surface area contributed by atoms with Crippen LogP contribution in [0.5, 0.6) is 5.75 Å². The van der Waals surface area contributed by atoms with E-state index in [-0.39, 0.29) is 0 Å². The molecule has 0 aliphatic heterocycles. The molecule has 2 heterocycles. The van der Waals surface area contributed by atoms with Crippen molar-refractivity contribution in [1.82, 2.24) is 19.9 Å². The highest BCUT2D eigenvalue weighted by atomic mass is 19.1. The number of nitrogens with zero attached hydrogens (tertiary/aromatic N) is 4. The fourth-order valence-electron chi connectivity index (χ4n) is 2.75. The maximum Gasteiger partial charge on any atom is 0.233 e. The molecule has 0 amide bonds. The van der Waals surface area contributed by atoms with E-state index in [0.29, 0.717) is 24.4 Å². The number of rotatable bonds is 8. The first-order valence-electron chi connectivity index (χ1n) is 9.51. The summed E-state index contributed by atoms with van der Waals surface area (Å²) in [7, 11) is 1.61. The number of halogens is 1. The van der Waals surface area contributed by atoms with Gasteiger partial charge in [0, 0.05) is 24.1 Å². The molecule has 4 aromatic rings. The predicted molar refractivity (Wildman–Crippen MR) is 117 cm³/mol. The quantitative estimate of drug-likeness (QED) is 0.360. The minimum atomic E-state index is -0.539. The van der Waals surface area contributed by atoms with Gasteiger partial charge in [-0.3, -0.25) is 0 Å². The van der Waals surface area contributed by atoms with E-state index in [2.05, 4.69) is 35.9 Å². The van der Waals surface area contributed by atoms with E-state index in [0.717, 1.165) is 22.7 Å². The molecule has 0 aliphatic rings. The smallest absolute Gasteiger partial charge is 0.233 e. The summed E-state index contributed by atoms with van der Waals surface area (Å²) in [5.74, 6) is 1.26. The van der Waals surface area contributed by atoms with Crippen molar-refractivity contribution in [2.45, 2.75) is 6.54 Å². The molecule has 0 radical (unpaired) electrons. The first-order valence-corrected chi connectivity index (χ1v) is 9.51. The lowest BCUT2D eigenvalue weighted by Crippen LogP contribution is -2.10. The van der Waals surface area contributed by atoms with Gasteiger partial charge in [0.05, 0.1) is 7.11 Å². The van der Waals surface area contributed by atoms with Crippen molar-refractivity contribution in [3.63, 3.8) is 0 Å². The summed E-state index contributed by atoms with van der Waals surface area (Å²) in [4.78, 5) is 16.9. The van der Waals surface area contributed by atoms with E-state index in [4.69, 9.17) is 4.74 Å². The number of methoxy groups -OCH3 is 1. The van der Waals surface area contributed by atoms with Crippen molar-refractivity contribution in [1.29, 1.82) is 0 Å². The van der Waals surface area contributed by atoms with Crippen molar-refractivity contribution in [3.05, 3.63) is 84.4 Å². The summed E-state index contributed by atoms with van der Waals surface area (Å²) in [6.45, 7) is 0.330. The van der Waals surface area contributed by atoms with Crippen molar-refractivity contribution in [2.75, 3.05) is 23.1 Å². The van der Waals surface area contributed by atoms with Gasteiger partial charge in [0.2, 0.25) is 23.8 Å². The Kier molecular flexibility index (Phi) is 6.13. The van der Waals surface area contributed by atoms with Crippen molar-refractivity contribution in [3.8, 4) is 5.75 Å². The zero-order valence-corrected chi connectivity index (χ0v) is 16.7. The first-order chi connectivity index (χ1) is 15.2. The lowest BCUT2D eigenvalue weighted by molar-refractivity contribution is 0.415. The van der Waals surface area contributed by atoms with Crippen molar-refractivity contribution < 1.29 is 9.13 Å². The Balaban J connectivity index is 1.57. The first kappa shape index (κ1) is 20.0. The van der Waals surface area contributed by atoms with Crippen LogP contribution in [0.2, 0.25) is 0 Å². The second-order valence-corrected chi connectivity index (χ2v) is 6.49. The lowest BCUT2D eigenvalue weighted by Gasteiger charge is -2.12. The molecule has 0 bridgehead atoms. The van der Waals surface area contributed by atoms with Crippen LogP contribution in [0.4, 0.5) is 33.6 Å². The molecule has 2 aromatic heterocycles. The Bertz CT molecular complexity index is 1140. The van der Waals surface area contributed by atoms with Gasteiger partial charge >= 0.3 is 0 Å². The lowest BCUT2D eigenvalue weighted by atomic mass is 10.3. The number of anilines is 5. The molecule has 0 fully saturated rings. The minimum absolute atomic E-state index is 0.330. The fourth-order valence-corrected chi connectivity index (χ4v) is 2.75. The van der Waals surface area contributed by atoms with Crippen LogP contribution in [0.3, 0.4) is 0 Å². The van der Waals surface area contributed by atoms with Gasteiger partial charge < -0.3 is 20.7 Å². The SMILES string of the molecule is COc1ccc(Nc2nc(NCc3ccnc(F)c3)nc(Nc3ccccc3)n2)cc1. The van der Waals surface area contributed by atoms with E-state index >= 15 is 0 Å². The third-order valence-electron chi connectivity index (χ3n) is 4.25. The third-order valence-corrected chi connectivity index (χ3v) is 4.25. The fraction of sp³-hybridized carbons (Fsp3) is 0.0909. The highest BCUT2D eigenvalue weighted by molar-refractivity contribution is 5.59.